The number of aliphatic hydroxyl groups is 1. The molecule has 1 atom stereocenters. The minimum Gasteiger partial charge on any atom is -0.385 e. The maximum absolute atomic E-state index is 13.0. The first-order valence-electron chi connectivity index (χ1n) is 7.75. The van der Waals surface area contributed by atoms with Crippen molar-refractivity contribution in [2.75, 3.05) is 13.1 Å². The summed E-state index contributed by atoms with van der Waals surface area (Å²) in [4.78, 5) is 6.44. The molecule has 3 nitrogen and oxygen atoms in total. The van der Waals surface area contributed by atoms with Gasteiger partial charge in [-0.15, -0.1) is 0 Å². The van der Waals surface area contributed by atoms with Crippen LogP contribution in [0.5, 0.6) is 0 Å². The van der Waals surface area contributed by atoms with Gasteiger partial charge in [0.1, 0.15) is 5.82 Å². The monoisotopic (exact) mass is 300 g/mol. The summed E-state index contributed by atoms with van der Waals surface area (Å²) in [6.07, 6.45) is 5.87. The quantitative estimate of drug-likeness (QED) is 0.946. The van der Waals surface area contributed by atoms with Crippen LogP contribution in [0, 0.1) is 5.82 Å². The maximum Gasteiger partial charge on any atom is 0.123 e. The largest absolute Gasteiger partial charge is 0.385 e. The van der Waals surface area contributed by atoms with Crippen LogP contribution in [-0.4, -0.2) is 28.1 Å². The van der Waals surface area contributed by atoms with Crippen LogP contribution < -0.4 is 0 Å². The fraction of sp³-hybridized carbons (Fsp3) is 0.389. The lowest BCUT2D eigenvalue weighted by atomic mass is 9.88. The molecular weight excluding hydrogens is 279 g/mol. The third-order valence-corrected chi connectivity index (χ3v) is 4.42. The Kier molecular flexibility index (Phi) is 4.50. The first-order chi connectivity index (χ1) is 10.7. The molecule has 1 unspecified atom stereocenters. The standard InChI is InChI=1S/C18H21FN2O/c19-17-6-4-15(5-7-17)14-21-11-2-8-18(22,9-12-21)16-3-1-10-20-13-16/h1,3-7,10,13,22H,2,8-9,11-12,14H2. The molecule has 0 bridgehead atoms. The molecule has 2 heterocycles. The van der Waals surface area contributed by atoms with Gasteiger partial charge in [-0.05, 0) is 49.6 Å². The third kappa shape index (κ3) is 3.51. The molecule has 4 heteroatoms. The van der Waals surface area contributed by atoms with Gasteiger partial charge in [-0.1, -0.05) is 18.2 Å². The second-order valence-corrected chi connectivity index (χ2v) is 6.03. The van der Waals surface area contributed by atoms with Crippen LogP contribution in [0.3, 0.4) is 0 Å². The van der Waals surface area contributed by atoms with E-state index in [0.29, 0.717) is 6.42 Å². The van der Waals surface area contributed by atoms with Crippen LogP contribution in [-0.2, 0) is 12.1 Å². The van der Waals surface area contributed by atoms with E-state index >= 15 is 0 Å². The highest BCUT2D eigenvalue weighted by Gasteiger charge is 2.32. The first kappa shape index (κ1) is 15.1. The minimum atomic E-state index is -0.786. The van der Waals surface area contributed by atoms with E-state index in [1.54, 1.807) is 12.4 Å². The van der Waals surface area contributed by atoms with E-state index in [0.717, 1.165) is 43.6 Å². The number of likely N-dealkylation sites (tertiary alicyclic amines) is 1. The summed E-state index contributed by atoms with van der Waals surface area (Å²) in [6.45, 7) is 2.56. The van der Waals surface area contributed by atoms with Gasteiger partial charge in [0.2, 0.25) is 0 Å². The van der Waals surface area contributed by atoms with Crippen molar-refractivity contribution in [2.45, 2.75) is 31.4 Å². The van der Waals surface area contributed by atoms with Crippen molar-refractivity contribution in [2.24, 2.45) is 0 Å². The lowest BCUT2D eigenvalue weighted by Gasteiger charge is -2.27. The molecule has 0 aliphatic carbocycles. The molecule has 3 rings (SSSR count). The Labute approximate surface area is 130 Å². The van der Waals surface area contributed by atoms with Crippen molar-refractivity contribution < 1.29 is 9.50 Å². The molecule has 0 saturated carbocycles. The topological polar surface area (TPSA) is 36.4 Å². The number of nitrogens with zero attached hydrogens (tertiary/aromatic N) is 2. The lowest BCUT2D eigenvalue weighted by molar-refractivity contribution is 0.0207. The van der Waals surface area contributed by atoms with Gasteiger partial charge in [0.05, 0.1) is 5.60 Å². The summed E-state index contributed by atoms with van der Waals surface area (Å²) in [5.41, 5.74) is 1.22. The number of hydrogen-bond donors (Lipinski definition) is 1. The zero-order valence-corrected chi connectivity index (χ0v) is 12.6. The fourth-order valence-corrected chi connectivity index (χ4v) is 3.11. The van der Waals surface area contributed by atoms with Crippen molar-refractivity contribution in [3.8, 4) is 0 Å². The van der Waals surface area contributed by atoms with Crippen molar-refractivity contribution in [1.82, 2.24) is 9.88 Å². The molecule has 1 aliphatic rings. The number of pyridine rings is 1. The zero-order chi connectivity index (χ0) is 15.4. The molecule has 1 aromatic carbocycles. The first-order valence-corrected chi connectivity index (χ1v) is 7.75. The van der Waals surface area contributed by atoms with Gasteiger partial charge in [-0.3, -0.25) is 9.88 Å². The van der Waals surface area contributed by atoms with Gasteiger partial charge < -0.3 is 5.11 Å². The fourth-order valence-electron chi connectivity index (χ4n) is 3.11. The van der Waals surface area contributed by atoms with E-state index in [2.05, 4.69) is 9.88 Å². The van der Waals surface area contributed by atoms with E-state index in [1.807, 2.05) is 24.3 Å². The van der Waals surface area contributed by atoms with E-state index in [-0.39, 0.29) is 5.82 Å². The minimum absolute atomic E-state index is 0.203. The molecule has 1 fully saturated rings. The molecule has 2 aromatic rings. The Hall–Kier alpha value is -1.78. The van der Waals surface area contributed by atoms with Gasteiger partial charge in [0.25, 0.3) is 0 Å². The SMILES string of the molecule is OC1(c2cccnc2)CCCN(Cc2ccc(F)cc2)CC1. The van der Waals surface area contributed by atoms with Crippen molar-refractivity contribution in [3.63, 3.8) is 0 Å². The summed E-state index contributed by atoms with van der Waals surface area (Å²) in [6, 6.07) is 10.5. The Morgan fingerprint density at radius 3 is 2.68 bits per heavy atom. The number of rotatable bonds is 3. The van der Waals surface area contributed by atoms with Crippen LogP contribution >= 0.6 is 0 Å². The van der Waals surface area contributed by atoms with Crippen molar-refractivity contribution >= 4 is 0 Å². The van der Waals surface area contributed by atoms with E-state index in [1.165, 1.54) is 12.1 Å². The molecule has 1 N–H and O–H groups in total. The Bertz CT molecular complexity index is 602. The average Bonchev–Trinajstić information content (AvgIpc) is 2.74. The van der Waals surface area contributed by atoms with Crippen LogP contribution in [0.1, 0.15) is 30.4 Å². The summed E-state index contributed by atoms with van der Waals surface area (Å²) in [5, 5.41) is 10.9. The Morgan fingerprint density at radius 1 is 1.14 bits per heavy atom. The Morgan fingerprint density at radius 2 is 1.95 bits per heavy atom. The summed E-state index contributed by atoms with van der Waals surface area (Å²) in [5.74, 6) is -0.203. The highest BCUT2D eigenvalue weighted by Crippen LogP contribution is 2.32. The average molecular weight is 300 g/mol. The lowest BCUT2D eigenvalue weighted by Crippen LogP contribution is -2.29. The van der Waals surface area contributed by atoms with Gasteiger partial charge in [0, 0.05) is 31.0 Å². The third-order valence-electron chi connectivity index (χ3n) is 4.42. The number of aromatic nitrogens is 1. The molecule has 0 spiro atoms. The highest BCUT2D eigenvalue weighted by molar-refractivity contribution is 5.19. The van der Waals surface area contributed by atoms with E-state index in [4.69, 9.17) is 0 Å². The summed E-state index contributed by atoms with van der Waals surface area (Å²) in [7, 11) is 0. The predicted molar refractivity (Wildman–Crippen MR) is 83.7 cm³/mol. The van der Waals surface area contributed by atoms with E-state index in [9.17, 15) is 9.50 Å². The van der Waals surface area contributed by atoms with Crippen molar-refractivity contribution in [1.29, 1.82) is 0 Å². The number of halogens is 1. The zero-order valence-electron chi connectivity index (χ0n) is 12.6. The highest BCUT2D eigenvalue weighted by atomic mass is 19.1. The molecule has 116 valence electrons. The van der Waals surface area contributed by atoms with Crippen LogP contribution in [0.25, 0.3) is 0 Å². The van der Waals surface area contributed by atoms with Gasteiger partial charge in [0.15, 0.2) is 0 Å². The molecule has 22 heavy (non-hydrogen) atoms. The molecular formula is C18H21FN2O. The van der Waals surface area contributed by atoms with Gasteiger partial charge in [-0.2, -0.15) is 0 Å². The molecule has 0 amide bonds. The normalized spacial score (nSPS) is 23.2. The van der Waals surface area contributed by atoms with Gasteiger partial charge in [-0.25, -0.2) is 4.39 Å². The molecule has 1 aromatic heterocycles. The van der Waals surface area contributed by atoms with Crippen LogP contribution in [0.4, 0.5) is 4.39 Å². The molecule has 1 saturated heterocycles. The number of benzene rings is 1. The van der Waals surface area contributed by atoms with Crippen LogP contribution in [0.2, 0.25) is 0 Å². The van der Waals surface area contributed by atoms with E-state index < -0.39 is 5.60 Å². The Balaban J connectivity index is 1.66. The van der Waals surface area contributed by atoms with Crippen molar-refractivity contribution in [3.05, 3.63) is 65.7 Å². The molecule has 1 aliphatic heterocycles. The predicted octanol–water partition coefficient (Wildman–Crippen LogP) is 3.09. The van der Waals surface area contributed by atoms with Crippen LogP contribution in [0.15, 0.2) is 48.8 Å². The second-order valence-electron chi connectivity index (χ2n) is 6.03. The second kappa shape index (κ2) is 6.55. The summed E-state index contributed by atoms with van der Waals surface area (Å²) >= 11 is 0. The molecule has 0 radical (unpaired) electrons. The van der Waals surface area contributed by atoms with Gasteiger partial charge >= 0.3 is 0 Å². The summed E-state index contributed by atoms with van der Waals surface area (Å²) < 4.78 is 13.0. The maximum atomic E-state index is 13.0. The number of hydrogen-bond acceptors (Lipinski definition) is 3. The smallest absolute Gasteiger partial charge is 0.123 e.